The van der Waals surface area contributed by atoms with Crippen LogP contribution >= 0.6 is 0 Å². The maximum Gasteiger partial charge on any atom is 0.259 e. The van der Waals surface area contributed by atoms with E-state index in [-0.39, 0.29) is 11.8 Å². The third kappa shape index (κ3) is 1.31. The molecular formula is C10H8N2O2. The maximum absolute atomic E-state index is 11.3. The molecule has 1 aromatic rings. The van der Waals surface area contributed by atoms with Crippen LogP contribution in [0.5, 0.6) is 0 Å². The molecule has 4 nitrogen and oxygen atoms in total. The summed E-state index contributed by atoms with van der Waals surface area (Å²) in [6.07, 6.45) is 2.48. The molecule has 0 radical (unpaired) electrons. The van der Waals surface area contributed by atoms with Gasteiger partial charge in [-0.25, -0.2) is 9.88 Å². The molecule has 0 saturated carbocycles. The fourth-order valence-corrected chi connectivity index (χ4v) is 1.28. The minimum absolute atomic E-state index is 0.340. The Morgan fingerprint density at radius 3 is 2.36 bits per heavy atom. The highest BCUT2D eigenvalue weighted by atomic mass is 16.2. The number of imide groups is 1. The van der Waals surface area contributed by atoms with Crippen molar-refractivity contribution in [3.63, 3.8) is 0 Å². The summed E-state index contributed by atoms with van der Waals surface area (Å²) in [6.45, 7) is 1.81. The van der Waals surface area contributed by atoms with Crippen LogP contribution < -0.4 is 4.90 Å². The molecule has 0 N–H and O–H groups in total. The number of hydrogen-bond donors (Lipinski definition) is 0. The van der Waals surface area contributed by atoms with Crippen molar-refractivity contribution in [3.8, 4) is 0 Å². The first-order valence-corrected chi connectivity index (χ1v) is 4.18. The van der Waals surface area contributed by atoms with E-state index in [0.29, 0.717) is 5.82 Å². The lowest BCUT2D eigenvalue weighted by Crippen LogP contribution is -2.30. The van der Waals surface area contributed by atoms with Crippen LogP contribution in [0.1, 0.15) is 5.69 Å². The van der Waals surface area contributed by atoms with E-state index >= 15 is 0 Å². The second-order valence-electron chi connectivity index (χ2n) is 2.98. The maximum atomic E-state index is 11.3. The smallest absolute Gasteiger partial charge is 0.259 e. The Morgan fingerprint density at radius 2 is 1.79 bits per heavy atom. The molecule has 0 bridgehead atoms. The Kier molecular flexibility index (Phi) is 1.89. The van der Waals surface area contributed by atoms with Gasteiger partial charge in [-0.2, -0.15) is 0 Å². The van der Waals surface area contributed by atoms with Gasteiger partial charge in [0.2, 0.25) is 0 Å². The van der Waals surface area contributed by atoms with Crippen LogP contribution in [-0.2, 0) is 9.59 Å². The first kappa shape index (κ1) is 8.62. The first-order chi connectivity index (χ1) is 6.68. The van der Waals surface area contributed by atoms with Crippen LogP contribution in [0.15, 0.2) is 30.4 Å². The molecule has 0 saturated heterocycles. The summed E-state index contributed by atoms with van der Waals surface area (Å²) in [6, 6.07) is 5.20. The molecule has 2 heterocycles. The summed E-state index contributed by atoms with van der Waals surface area (Å²) in [5.74, 6) is -0.300. The van der Waals surface area contributed by atoms with E-state index in [9.17, 15) is 9.59 Å². The Balaban J connectivity index is 2.41. The molecule has 0 spiro atoms. The topological polar surface area (TPSA) is 50.3 Å². The lowest BCUT2D eigenvalue weighted by Gasteiger charge is -2.12. The average Bonchev–Trinajstić information content (AvgIpc) is 2.46. The van der Waals surface area contributed by atoms with E-state index in [1.165, 1.54) is 12.2 Å². The molecule has 2 rings (SSSR count). The Labute approximate surface area is 80.9 Å². The second kappa shape index (κ2) is 3.06. The molecular weight excluding hydrogens is 180 g/mol. The first-order valence-electron chi connectivity index (χ1n) is 4.18. The monoisotopic (exact) mass is 188 g/mol. The fourth-order valence-electron chi connectivity index (χ4n) is 1.28. The van der Waals surface area contributed by atoms with Gasteiger partial charge in [0.05, 0.1) is 0 Å². The summed E-state index contributed by atoms with van der Waals surface area (Å²) in [5, 5.41) is 0. The Morgan fingerprint density at radius 1 is 1.14 bits per heavy atom. The minimum atomic E-state index is -0.340. The van der Waals surface area contributed by atoms with Gasteiger partial charge in [0, 0.05) is 17.8 Å². The van der Waals surface area contributed by atoms with Crippen LogP contribution in [0, 0.1) is 6.92 Å². The molecule has 0 unspecified atom stereocenters. The number of anilines is 1. The van der Waals surface area contributed by atoms with Gasteiger partial charge in [0.1, 0.15) is 5.82 Å². The van der Waals surface area contributed by atoms with Crippen molar-refractivity contribution < 1.29 is 9.59 Å². The lowest BCUT2D eigenvalue weighted by atomic mass is 10.3. The standard InChI is InChI=1S/C10H8N2O2/c1-7-3-2-4-8(11-7)12-9(13)5-6-10(12)14/h2-6H,1H3. The van der Waals surface area contributed by atoms with E-state index in [4.69, 9.17) is 0 Å². The predicted octanol–water partition coefficient (Wildman–Crippen LogP) is 0.819. The van der Waals surface area contributed by atoms with Crippen LogP contribution in [0.2, 0.25) is 0 Å². The number of aromatic nitrogens is 1. The summed E-state index contributed by atoms with van der Waals surface area (Å²) in [7, 11) is 0. The Hall–Kier alpha value is -1.97. The van der Waals surface area contributed by atoms with Gasteiger partial charge in [-0.05, 0) is 19.1 Å². The van der Waals surface area contributed by atoms with Gasteiger partial charge in [0.15, 0.2) is 0 Å². The van der Waals surface area contributed by atoms with Crippen LogP contribution in [-0.4, -0.2) is 16.8 Å². The van der Waals surface area contributed by atoms with E-state index in [0.717, 1.165) is 10.6 Å². The number of rotatable bonds is 1. The summed E-state index contributed by atoms with van der Waals surface area (Å²) < 4.78 is 0. The van der Waals surface area contributed by atoms with Gasteiger partial charge in [0.25, 0.3) is 11.8 Å². The number of carbonyl (C=O) groups is 2. The van der Waals surface area contributed by atoms with Gasteiger partial charge < -0.3 is 0 Å². The fraction of sp³-hybridized carbons (Fsp3) is 0.100. The lowest BCUT2D eigenvalue weighted by molar-refractivity contribution is -0.120. The van der Waals surface area contributed by atoms with Crippen molar-refractivity contribution >= 4 is 17.6 Å². The average molecular weight is 188 g/mol. The van der Waals surface area contributed by atoms with E-state index in [1.54, 1.807) is 12.1 Å². The molecule has 0 aliphatic carbocycles. The minimum Gasteiger partial charge on any atom is -0.269 e. The number of pyridine rings is 1. The molecule has 4 heteroatoms. The van der Waals surface area contributed by atoms with Crippen molar-refractivity contribution in [3.05, 3.63) is 36.0 Å². The summed E-state index contributed by atoms with van der Waals surface area (Å²) in [5.41, 5.74) is 0.773. The number of carbonyl (C=O) groups excluding carboxylic acids is 2. The van der Waals surface area contributed by atoms with Gasteiger partial charge >= 0.3 is 0 Å². The zero-order valence-electron chi connectivity index (χ0n) is 7.60. The van der Waals surface area contributed by atoms with Gasteiger partial charge in [-0.3, -0.25) is 9.59 Å². The SMILES string of the molecule is Cc1cccc(N2C(=O)C=CC2=O)n1. The van der Waals surface area contributed by atoms with Crippen LogP contribution in [0.25, 0.3) is 0 Å². The van der Waals surface area contributed by atoms with Crippen LogP contribution in [0.3, 0.4) is 0 Å². The van der Waals surface area contributed by atoms with Crippen molar-refractivity contribution in [2.45, 2.75) is 6.92 Å². The van der Waals surface area contributed by atoms with Crippen molar-refractivity contribution in [2.75, 3.05) is 4.90 Å². The molecule has 0 aromatic carbocycles. The van der Waals surface area contributed by atoms with Crippen molar-refractivity contribution in [1.82, 2.24) is 4.98 Å². The number of hydrogen-bond acceptors (Lipinski definition) is 3. The molecule has 14 heavy (non-hydrogen) atoms. The zero-order valence-corrected chi connectivity index (χ0v) is 7.60. The molecule has 1 aliphatic rings. The van der Waals surface area contributed by atoms with Crippen molar-refractivity contribution in [2.24, 2.45) is 0 Å². The molecule has 1 aromatic heterocycles. The van der Waals surface area contributed by atoms with E-state index < -0.39 is 0 Å². The summed E-state index contributed by atoms with van der Waals surface area (Å²) in [4.78, 5) is 27.7. The predicted molar refractivity (Wildman–Crippen MR) is 50.6 cm³/mol. The largest absolute Gasteiger partial charge is 0.269 e. The third-order valence-electron chi connectivity index (χ3n) is 1.91. The highest BCUT2D eigenvalue weighted by Crippen LogP contribution is 2.15. The molecule has 0 atom stereocenters. The molecule has 0 fully saturated rings. The normalized spacial score (nSPS) is 15.4. The van der Waals surface area contributed by atoms with Gasteiger partial charge in [-0.1, -0.05) is 6.07 Å². The quantitative estimate of drug-likeness (QED) is 0.613. The number of aryl methyl sites for hydroxylation is 1. The zero-order chi connectivity index (χ0) is 10.1. The number of amides is 2. The third-order valence-corrected chi connectivity index (χ3v) is 1.91. The molecule has 1 aliphatic heterocycles. The van der Waals surface area contributed by atoms with Crippen LogP contribution in [0.4, 0.5) is 5.82 Å². The second-order valence-corrected chi connectivity index (χ2v) is 2.98. The molecule has 70 valence electrons. The summed E-state index contributed by atoms with van der Waals surface area (Å²) >= 11 is 0. The highest BCUT2D eigenvalue weighted by Gasteiger charge is 2.25. The van der Waals surface area contributed by atoms with E-state index in [2.05, 4.69) is 4.98 Å². The van der Waals surface area contributed by atoms with Gasteiger partial charge in [-0.15, -0.1) is 0 Å². The molecule has 2 amide bonds. The highest BCUT2D eigenvalue weighted by molar-refractivity contribution is 6.27. The Bertz CT molecular complexity index is 420. The van der Waals surface area contributed by atoms with E-state index in [1.807, 2.05) is 13.0 Å². The van der Waals surface area contributed by atoms with Crippen molar-refractivity contribution in [1.29, 1.82) is 0 Å². The number of nitrogens with zero attached hydrogens (tertiary/aromatic N) is 2.